The lowest BCUT2D eigenvalue weighted by Crippen LogP contribution is -2.13. The number of nitrogens with one attached hydrogen (secondary N) is 2. The van der Waals surface area contributed by atoms with Crippen molar-refractivity contribution in [3.8, 4) is 5.75 Å². The first kappa shape index (κ1) is 15.7. The summed E-state index contributed by atoms with van der Waals surface area (Å²) in [6.45, 7) is 1.86. The number of hydrogen-bond acceptors (Lipinski definition) is 2. The summed E-state index contributed by atoms with van der Waals surface area (Å²) in [4.78, 5) is 15.5. The summed E-state index contributed by atoms with van der Waals surface area (Å²) in [5.74, 6) is 0.241. The van der Waals surface area contributed by atoms with Gasteiger partial charge in [-0.25, -0.2) is 0 Å². The molecular weight excluding hydrogens is 335 g/mol. The first-order chi connectivity index (χ1) is 11.0. The average molecular weight is 349 g/mol. The number of rotatable bonds is 3. The number of carbonyl (C=O) groups excluding carboxylic acids is 1. The van der Waals surface area contributed by atoms with Gasteiger partial charge < -0.3 is 15.0 Å². The van der Waals surface area contributed by atoms with Crippen LogP contribution < -0.4 is 10.1 Å². The number of halogens is 2. The molecule has 1 heterocycles. The van der Waals surface area contributed by atoms with Gasteiger partial charge in [-0.05, 0) is 42.8 Å². The fourth-order valence-corrected chi connectivity index (χ4v) is 2.68. The third kappa shape index (κ3) is 3.14. The maximum absolute atomic E-state index is 12.5. The minimum Gasteiger partial charge on any atom is -0.495 e. The molecule has 2 aromatic carbocycles. The van der Waals surface area contributed by atoms with E-state index in [1.165, 1.54) is 7.11 Å². The Bertz CT molecular complexity index is 903. The van der Waals surface area contributed by atoms with Crippen molar-refractivity contribution < 1.29 is 9.53 Å². The molecule has 3 rings (SSSR count). The van der Waals surface area contributed by atoms with Crippen molar-refractivity contribution in [2.45, 2.75) is 6.92 Å². The second-order valence-corrected chi connectivity index (χ2v) is 6.01. The van der Waals surface area contributed by atoms with Crippen molar-refractivity contribution in [2.75, 3.05) is 12.4 Å². The van der Waals surface area contributed by atoms with Crippen molar-refractivity contribution in [3.05, 3.63) is 57.7 Å². The molecule has 6 heteroatoms. The number of H-pyrrole nitrogens is 1. The molecule has 0 radical (unpaired) electrons. The van der Waals surface area contributed by atoms with Gasteiger partial charge >= 0.3 is 0 Å². The number of aromatic nitrogens is 1. The van der Waals surface area contributed by atoms with Crippen LogP contribution in [0.25, 0.3) is 10.9 Å². The highest BCUT2D eigenvalue weighted by Gasteiger charge is 2.14. The summed E-state index contributed by atoms with van der Waals surface area (Å²) < 4.78 is 5.27. The Kier molecular flexibility index (Phi) is 4.20. The molecule has 2 N–H and O–H groups in total. The summed E-state index contributed by atoms with van der Waals surface area (Å²) in [6.07, 6.45) is 0. The molecule has 3 aromatic rings. The fourth-order valence-electron chi connectivity index (χ4n) is 2.35. The van der Waals surface area contributed by atoms with Gasteiger partial charge in [0.1, 0.15) is 11.4 Å². The van der Waals surface area contributed by atoms with E-state index in [0.717, 1.165) is 16.5 Å². The molecule has 0 saturated carbocycles. The second kappa shape index (κ2) is 6.14. The van der Waals surface area contributed by atoms with Crippen molar-refractivity contribution in [2.24, 2.45) is 0 Å². The van der Waals surface area contributed by atoms with Crippen LogP contribution in [-0.2, 0) is 0 Å². The molecule has 0 aliphatic heterocycles. The number of ether oxygens (including phenoxy) is 1. The molecule has 0 atom stereocenters. The van der Waals surface area contributed by atoms with Crippen molar-refractivity contribution in [1.29, 1.82) is 0 Å². The topological polar surface area (TPSA) is 54.1 Å². The maximum atomic E-state index is 12.5. The van der Waals surface area contributed by atoms with Gasteiger partial charge in [-0.3, -0.25) is 4.79 Å². The minimum atomic E-state index is -0.266. The summed E-state index contributed by atoms with van der Waals surface area (Å²) in [5.41, 5.74) is 2.71. The van der Waals surface area contributed by atoms with E-state index >= 15 is 0 Å². The normalized spacial score (nSPS) is 10.8. The Labute approximate surface area is 143 Å². The summed E-state index contributed by atoms with van der Waals surface area (Å²) in [5, 5.41) is 4.92. The van der Waals surface area contributed by atoms with Gasteiger partial charge in [0.05, 0.1) is 12.8 Å². The van der Waals surface area contributed by atoms with E-state index in [4.69, 9.17) is 27.9 Å². The van der Waals surface area contributed by atoms with Crippen LogP contribution in [0.1, 0.15) is 16.1 Å². The number of aromatic amines is 1. The van der Waals surface area contributed by atoms with Gasteiger partial charge in [0.15, 0.2) is 0 Å². The maximum Gasteiger partial charge on any atom is 0.272 e. The van der Waals surface area contributed by atoms with E-state index in [9.17, 15) is 4.79 Å². The number of aryl methyl sites for hydroxylation is 1. The Morgan fingerprint density at radius 2 is 1.96 bits per heavy atom. The van der Waals surface area contributed by atoms with E-state index in [1.807, 2.05) is 13.0 Å². The van der Waals surface area contributed by atoms with Gasteiger partial charge in [-0.2, -0.15) is 0 Å². The standard InChI is InChI=1S/C17H14Cl2N2O2/c1-9-5-14(16(23-2)8-12(9)19)21-17(22)15-7-10-6-11(18)3-4-13(10)20-15/h3-8,20H,1-2H3,(H,21,22). The number of carbonyl (C=O) groups is 1. The smallest absolute Gasteiger partial charge is 0.272 e. The summed E-state index contributed by atoms with van der Waals surface area (Å²) in [7, 11) is 1.53. The van der Waals surface area contributed by atoms with Crippen LogP contribution in [-0.4, -0.2) is 18.0 Å². The lowest BCUT2D eigenvalue weighted by Gasteiger charge is -2.11. The third-order valence-electron chi connectivity index (χ3n) is 3.56. The lowest BCUT2D eigenvalue weighted by molar-refractivity contribution is 0.102. The molecule has 0 aliphatic rings. The molecule has 0 fully saturated rings. The number of anilines is 1. The molecule has 23 heavy (non-hydrogen) atoms. The predicted molar refractivity (Wildman–Crippen MR) is 94.0 cm³/mol. The third-order valence-corrected chi connectivity index (χ3v) is 4.20. The van der Waals surface area contributed by atoms with Crippen LogP contribution in [0.2, 0.25) is 10.0 Å². The number of fused-ring (bicyclic) bond motifs is 1. The molecule has 1 aromatic heterocycles. The van der Waals surface area contributed by atoms with Gasteiger partial charge in [0.2, 0.25) is 0 Å². The second-order valence-electron chi connectivity index (χ2n) is 5.17. The molecule has 0 bridgehead atoms. The Hall–Kier alpha value is -2.17. The van der Waals surface area contributed by atoms with Crippen LogP contribution in [0.3, 0.4) is 0 Å². The van der Waals surface area contributed by atoms with E-state index in [2.05, 4.69) is 10.3 Å². The minimum absolute atomic E-state index is 0.266. The van der Waals surface area contributed by atoms with E-state index in [0.29, 0.717) is 27.2 Å². The fraction of sp³-hybridized carbons (Fsp3) is 0.118. The zero-order valence-corrected chi connectivity index (χ0v) is 14.0. The van der Waals surface area contributed by atoms with Gasteiger partial charge in [0.25, 0.3) is 5.91 Å². The zero-order chi connectivity index (χ0) is 16.6. The average Bonchev–Trinajstić information content (AvgIpc) is 2.93. The van der Waals surface area contributed by atoms with E-state index < -0.39 is 0 Å². The first-order valence-corrected chi connectivity index (χ1v) is 7.67. The van der Waals surface area contributed by atoms with Crippen molar-refractivity contribution in [3.63, 3.8) is 0 Å². The monoisotopic (exact) mass is 348 g/mol. The van der Waals surface area contributed by atoms with Crippen LogP contribution in [0, 0.1) is 6.92 Å². The number of amides is 1. The largest absolute Gasteiger partial charge is 0.495 e. The molecule has 4 nitrogen and oxygen atoms in total. The predicted octanol–water partition coefficient (Wildman–Crippen LogP) is 5.04. The van der Waals surface area contributed by atoms with Crippen LogP contribution in [0.5, 0.6) is 5.75 Å². The zero-order valence-electron chi connectivity index (χ0n) is 12.5. The Morgan fingerprint density at radius 1 is 1.17 bits per heavy atom. The molecule has 118 valence electrons. The van der Waals surface area contributed by atoms with Crippen LogP contribution in [0.4, 0.5) is 5.69 Å². The Balaban J connectivity index is 1.93. The van der Waals surface area contributed by atoms with E-state index in [1.54, 1.807) is 30.3 Å². The van der Waals surface area contributed by atoms with Crippen LogP contribution >= 0.6 is 23.2 Å². The van der Waals surface area contributed by atoms with Crippen molar-refractivity contribution in [1.82, 2.24) is 4.98 Å². The highest BCUT2D eigenvalue weighted by molar-refractivity contribution is 6.32. The molecule has 0 spiro atoms. The molecular formula is C17H14Cl2N2O2. The number of methoxy groups -OCH3 is 1. The highest BCUT2D eigenvalue weighted by atomic mass is 35.5. The first-order valence-electron chi connectivity index (χ1n) is 6.91. The Morgan fingerprint density at radius 3 is 2.70 bits per heavy atom. The highest BCUT2D eigenvalue weighted by Crippen LogP contribution is 2.31. The van der Waals surface area contributed by atoms with Crippen LogP contribution in [0.15, 0.2) is 36.4 Å². The molecule has 0 saturated heterocycles. The number of hydrogen-bond donors (Lipinski definition) is 2. The van der Waals surface area contributed by atoms with Crippen molar-refractivity contribution >= 4 is 45.7 Å². The molecule has 0 unspecified atom stereocenters. The number of benzene rings is 2. The molecule has 1 amide bonds. The SMILES string of the molecule is COc1cc(Cl)c(C)cc1NC(=O)c1cc2cc(Cl)ccc2[nH]1. The molecule has 0 aliphatic carbocycles. The lowest BCUT2D eigenvalue weighted by atomic mass is 10.2. The van der Waals surface area contributed by atoms with Gasteiger partial charge in [-0.15, -0.1) is 0 Å². The van der Waals surface area contributed by atoms with E-state index in [-0.39, 0.29) is 5.91 Å². The quantitative estimate of drug-likeness (QED) is 0.696. The summed E-state index contributed by atoms with van der Waals surface area (Å²) in [6, 6.07) is 10.6. The van der Waals surface area contributed by atoms with Gasteiger partial charge in [-0.1, -0.05) is 23.2 Å². The summed E-state index contributed by atoms with van der Waals surface area (Å²) >= 11 is 12.0. The van der Waals surface area contributed by atoms with Gasteiger partial charge in [0, 0.05) is 27.0 Å².